The Labute approximate surface area is 240 Å². The van der Waals surface area contributed by atoms with Gasteiger partial charge in [-0.2, -0.15) is 5.10 Å². The van der Waals surface area contributed by atoms with Gasteiger partial charge in [0, 0.05) is 31.1 Å². The van der Waals surface area contributed by atoms with Gasteiger partial charge in [0.05, 0.1) is 5.69 Å². The fourth-order valence-electron chi connectivity index (χ4n) is 5.77. The molecule has 8 heteroatoms. The molecule has 2 heterocycles. The number of urea groups is 1. The highest BCUT2D eigenvalue weighted by atomic mass is 16.2. The van der Waals surface area contributed by atoms with E-state index in [0.29, 0.717) is 25.6 Å². The highest BCUT2D eigenvalue weighted by molar-refractivity contribution is 5.83. The summed E-state index contributed by atoms with van der Waals surface area (Å²) < 4.78 is 1.75. The van der Waals surface area contributed by atoms with Gasteiger partial charge in [-0.1, -0.05) is 54.6 Å². The fraction of sp³-hybridized carbons (Fsp3) is 0.333. The summed E-state index contributed by atoms with van der Waals surface area (Å²) in [6, 6.07) is 22.7. The van der Waals surface area contributed by atoms with E-state index in [0.717, 1.165) is 40.8 Å². The number of amides is 3. The molecule has 1 saturated carbocycles. The normalized spacial score (nSPS) is 18.0. The summed E-state index contributed by atoms with van der Waals surface area (Å²) in [6.45, 7) is 7.53. The molecule has 2 atom stereocenters. The number of rotatable bonds is 6. The van der Waals surface area contributed by atoms with Gasteiger partial charge in [-0.3, -0.25) is 4.79 Å². The summed E-state index contributed by atoms with van der Waals surface area (Å²) in [7, 11) is 0. The minimum Gasteiger partial charge on any atom is -0.352 e. The number of nitrogens with one attached hydrogen (secondary N) is 2. The molecule has 0 bridgehead atoms. The van der Waals surface area contributed by atoms with Crippen molar-refractivity contribution in [2.24, 2.45) is 5.92 Å². The summed E-state index contributed by atoms with van der Waals surface area (Å²) in [5, 5.41) is 10.6. The van der Waals surface area contributed by atoms with E-state index < -0.39 is 0 Å². The lowest BCUT2D eigenvalue weighted by Gasteiger charge is -2.34. The van der Waals surface area contributed by atoms with Crippen LogP contribution in [-0.4, -0.2) is 43.7 Å². The Morgan fingerprint density at radius 3 is 2.59 bits per heavy atom. The highest BCUT2D eigenvalue weighted by Gasteiger charge is 2.43. The maximum Gasteiger partial charge on any atom is 0.318 e. The third-order valence-corrected chi connectivity index (χ3v) is 7.93. The van der Waals surface area contributed by atoms with E-state index in [1.54, 1.807) is 11.0 Å². The molecule has 0 spiro atoms. The molecule has 41 heavy (non-hydrogen) atoms. The summed E-state index contributed by atoms with van der Waals surface area (Å²) in [4.78, 5) is 32.2. The average Bonchev–Trinajstić information content (AvgIpc) is 3.59. The van der Waals surface area contributed by atoms with Gasteiger partial charge in [-0.15, -0.1) is 0 Å². The minimum atomic E-state index is -0.322. The lowest BCUT2D eigenvalue weighted by atomic mass is 9.87. The van der Waals surface area contributed by atoms with E-state index >= 15 is 0 Å². The Morgan fingerprint density at radius 2 is 1.83 bits per heavy atom. The maximum absolute atomic E-state index is 13.1. The van der Waals surface area contributed by atoms with Crippen LogP contribution in [0.15, 0.2) is 79.4 Å². The average molecular weight is 549 g/mol. The van der Waals surface area contributed by atoms with Gasteiger partial charge in [-0.05, 0) is 85.0 Å². The van der Waals surface area contributed by atoms with Gasteiger partial charge in [0.2, 0.25) is 5.91 Å². The number of hydrogen-bond donors (Lipinski definition) is 2. The first-order valence-corrected chi connectivity index (χ1v) is 14.3. The monoisotopic (exact) mass is 548 g/mol. The Kier molecular flexibility index (Phi) is 7.07. The molecule has 1 aliphatic carbocycles. The van der Waals surface area contributed by atoms with Crippen LogP contribution in [0.25, 0.3) is 16.8 Å². The quantitative estimate of drug-likeness (QED) is 0.346. The molecule has 0 saturated heterocycles. The first kappa shape index (κ1) is 26.7. The maximum atomic E-state index is 13.1. The Hall–Kier alpha value is -4.46. The second kappa shape index (κ2) is 10.8. The van der Waals surface area contributed by atoms with Crippen molar-refractivity contribution in [1.82, 2.24) is 30.3 Å². The molecular formula is C33H36N6O2. The smallest absolute Gasteiger partial charge is 0.318 e. The zero-order valence-corrected chi connectivity index (χ0v) is 23.8. The fourth-order valence-corrected chi connectivity index (χ4v) is 5.77. The second-order valence-corrected chi connectivity index (χ2v) is 12.0. The van der Waals surface area contributed by atoms with Gasteiger partial charge in [0.15, 0.2) is 0 Å². The van der Waals surface area contributed by atoms with Crippen LogP contribution >= 0.6 is 0 Å². The number of benzene rings is 3. The number of aromatic nitrogens is 3. The van der Waals surface area contributed by atoms with E-state index in [2.05, 4.69) is 57.1 Å². The molecular weight excluding hydrogens is 512 g/mol. The molecule has 1 unspecified atom stereocenters. The Morgan fingerprint density at radius 1 is 1.00 bits per heavy atom. The van der Waals surface area contributed by atoms with E-state index in [1.165, 1.54) is 17.5 Å². The van der Waals surface area contributed by atoms with Crippen LogP contribution in [0.3, 0.4) is 0 Å². The van der Waals surface area contributed by atoms with Crippen LogP contribution in [0.2, 0.25) is 0 Å². The Balaban J connectivity index is 1.27. The molecule has 1 fully saturated rings. The predicted molar refractivity (Wildman–Crippen MR) is 158 cm³/mol. The van der Waals surface area contributed by atoms with Crippen molar-refractivity contribution in [3.63, 3.8) is 0 Å². The molecule has 1 aromatic heterocycles. The summed E-state index contributed by atoms with van der Waals surface area (Å²) >= 11 is 0. The van der Waals surface area contributed by atoms with Crippen LogP contribution in [0.1, 0.15) is 55.4 Å². The molecule has 210 valence electrons. The van der Waals surface area contributed by atoms with Gasteiger partial charge in [-0.25, -0.2) is 14.5 Å². The van der Waals surface area contributed by atoms with Gasteiger partial charge in [0.1, 0.15) is 12.7 Å². The lowest BCUT2D eigenvalue weighted by Crippen LogP contribution is -2.50. The molecule has 2 aliphatic rings. The van der Waals surface area contributed by atoms with Crippen LogP contribution in [0, 0.1) is 5.92 Å². The summed E-state index contributed by atoms with van der Waals surface area (Å²) in [5.74, 6) is 0.401. The van der Waals surface area contributed by atoms with Crippen molar-refractivity contribution < 1.29 is 9.59 Å². The van der Waals surface area contributed by atoms with Crippen molar-refractivity contribution in [3.8, 4) is 16.8 Å². The number of nitrogens with zero attached hydrogens (tertiary/aromatic N) is 4. The second-order valence-electron chi connectivity index (χ2n) is 12.0. The van der Waals surface area contributed by atoms with Crippen LogP contribution in [0.5, 0.6) is 0 Å². The SMILES string of the molecule is CC(C)(C)NC(=O)N1CCc2c(-c3cccc(-n4cncn4)c3)ccc(CNC(=O)C3C[C@H]3c3ccccc3)c2C1. The summed E-state index contributed by atoms with van der Waals surface area (Å²) in [5.41, 5.74) is 7.44. The van der Waals surface area contributed by atoms with Gasteiger partial charge in [0.25, 0.3) is 0 Å². The molecule has 3 amide bonds. The third kappa shape index (κ3) is 5.87. The number of carbonyl (C=O) groups excluding carboxylic acids is 2. The molecule has 3 aromatic carbocycles. The third-order valence-electron chi connectivity index (χ3n) is 7.93. The standard InChI is InChI=1S/C33H36N6O2/c1-33(2,3)37-32(41)38-15-14-27-26(23-10-7-11-25(16-23)39-21-34-20-36-39)13-12-24(30(27)19-38)18-35-31(40)29-17-28(29)22-8-5-4-6-9-22/h4-13,16,20-21,28-29H,14-15,17-19H2,1-3H3,(H,35,40)(H,37,41)/t28-,29?/m0/s1. The first-order valence-electron chi connectivity index (χ1n) is 14.3. The molecule has 8 nitrogen and oxygen atoms in total. The first-order chi connectivity index (χ1) is 19.8. The number of carbonyl (C=O) groups is 2. The van der Waals surface area contributed by atoms with Crippen molar-refractivity contribution >= 4 is 11.9 Å². The van der Waals surface area contributed by atoms with Crippen LogP contribution in [0.4, 0.5) is 4.79 Å². The largest absolute Gasteiger partial charge is 0.352 e. The van der Waals surface area contributed by atoms with Crippen molar-refractivity contribution in [1.29, 1.82) is 0 Å². The van der Waals surface area contributed by atoms with Crippen LogP contribution in [-0.2, 0) is 24.3 Å². The molecule has 1 aliphatic heterocycles. The van der Waals surface area contributed by atoms with E-state index in [4.69, 9.17) is 0 Å². The molecule has 2 N–H and O–H groups in total. The predicted octanol–water partition coefficient (Wildman–Crippen LogP) is 5.22. The van der Waals surface area contributed by atoms with E-state index in [9.17, 15) is 9.59 Å². The Bertz CT molecular complexity index is 1560. The molecule has 6 rings (SSSR count). The van der Waals surface area contributed by atoms with E-state index in [1.807, 2.05) is 56.0 Å². The minimum absolute atomic E-state index is 0.0149. The molecule has 4 aromatic rings. The van der Waals surface area contributed by atoms with Gasteiger partial charge >= 0.3 is 6.03 Å². The van der Waals surface area contributed by atoms with Crippen molar-refractivity contribution in [3.05, 3.63) is 102 Å². The van der Waals surface area contributed by atoms with Crippen molar-refractivity contribution in [2.75, 3.05) is 6.54 Å². The topological polar surface area (TPSA) is 92.2 Å². The van der Waals surface area contributed by atoms with E-state index in [-0.39, 0.29) is 23.4 Å². The number of fused-ring (bicyclic) bond motifs is 1. The zero-order valence-electron chi connectivity index (χ0n) is 23.8. The number of hydrogen-bond acceptors (Lipinski definition) is 4. The zero-order chi connectivity index (χ0) is 28.6. The van der Waals surface area contributed by atoms with Crippen LogP contribution < -0.4 is 10.6 Å². The summed E-state index contributed by atoms with van der Waals surface area (Å²) in [6.07, 6.45) is 4.83. The van der Waals surface area contributed by atoms with Gasteiger partial charge < -0.3 is 15.5 Å². The lowest BCUT2D eigenvalue weighted by molar-refractivity contribution is -0.122. The van der Waals surface area contributed by atoms with Crippen molar-refractivity contribution in [2.45, 2.75) is 58.2 Å². The highest BCUT2D eigenvalue weighted by Crippen LogP contribution is 2.47. The molecule has 0 radical (unpaired) electrons.